The van der Waals surface area contributed by atoms with Gasteiger partial charge in [-0.25, -0.2) is 0 Å². The van der Waals surface area contributed by atoms with Crippen LogP contribution in [-0.2, 0) is 0 Å². The summed E-state index contributed by atoms with van der Waals surface area (Å²) < 4.78 is 3.13. The fourth-order valence-electron chi connectivity index (χ4n) is 0.990. The lowest BCUT2D eigenvalue weighted by Crippen LogP contribution is -1.90. The number of nitrogens with one attached hydrogen (secondary N) is 1. The predicted molar refractivity (Wildman–Crippen MR) is 52.7 cm³/mol. The minimum absolute atomic E-state index is 0.807. The fourth-order valence-corrected chi connectivity index (χ4v) is 1.34. The van der Waals surface area contributed by atoms with Gasteiger partial charge in [0, 0.05) is 17.6 Å². The smallest absolute Gasteiger partial charge is 0.0463 e. The Morgan fingerprint density at radius 3 is 2.64 bits per heavy atom. The molecule has 1 aromatic carbocycles. The van der Waals surface area contributed by atoms with Crippen LogP contribution in [0.15, 0.2) is 18.2 Å². The van der Waals surface area contributed by atoms with Gasteiger partial charge in [0.1, 0.15) is 0 Å². The molecule has 0 unspecified atom stereocenters. The second-order valence-electron chi connectivity index (χ2n) is 2.44. The molecule has 0 bridgehead atoms. The van der Waals surface area contributed by atoms with Gasteiger partial charge in [0.2, 0.25) is 0 Å². The van der Waals surface area contributed by atoms with E-state index in [-0.39, 0.29) is 0 Å². The Morgan fingerprint density at radius 1 is 1.36 bits per heavy atom. The van der Waals surface area contributed by atoms with Gasteiger partial charge in [0.25, 0.3) is 0 Å². The summed E-state index contributed by atoms with van der Waals surface area (Å²) in [6.45, 7) is 2.03. The third kappa shape index (κ3) is 2.35. The van der Waals surface area contributed by atoms with Crippen LogP contribution >= 0.6 is 11.9 Å². The van der Waals surface area contributed by atoms with Crippen LogP contribution in [0, 0.1) is 6.92 Å². The van der Waals surface area contributed by atoms with E-state index < -0.39 is 0 Å². The van der Waals surface area contributed by atoms with Crippen LogP contribution in [0.2, 0.25) is 0 Å². The van der Waals surface area contributed by atoms with Crippen LogP contribution in [0.4, 0.5) is 11.4 Å². The molecule has 0 aliphatic heterocycles. The first-order chi connectivity index (χ1) is 5.22. The zero-order valence-corrected chi connectivity index (χ0v) is 7.53. The third-order valence-electron chi connectivity index (χ3n) is 1.32. The van der Waals surface area contributed by atoms with E-state index in [1.54, 1.807) is 11.9 Å². The van der Waals surface area contributed by atoms with Gasteiger partial charge < -0.3 is 10.5 Å². The molecule has 0 amide bonds. The summed E-state index contributed by atoms with van der Waals surface area (Å²) >= 11 is 1.57. The van der Waals surface area contributed by atoms with Crippen LogP contribution in [0.3, 0.4) is 0 Å². The van der Waals surface area contributed by atoms with Crippen LogP contribution in [0.5, 0.6) is 0 Å². The van der Waals surface area contributed by atoms with E-state index in [9.17, 15) is 0 Å². The van der Waals surface area contributed by atoms with E-state index in [1.165, 1.54) is 5.56 Å². The topological polar surface area (TPSA) is 38.0 Å². The number of hydrogen-bond donors (Lipinski definition) is 2. The summed E-state index contributed by atoms with van der Waals surface area (Å²) in [7, 11) is 0. The van der Waals surface area contributed by atoms with E-state index in [1.807, 2.05) is 25.3 Å². The summed E-state index contributed by atoms with van der Waals surface area (Å²) in [6.07, 6.45) is 1.98. The number of rotatable bonds is 2. The molecule has 3 heteroatoms. The minimum atomic E-state index is 0.807. The molecule has 1 rings (SSSR count). The standard InChI is InChI=1S/C8H12N2S/c1-6-3-7(9)5-8(4-6)10-11-2/h3-5,10H,9H2,1-2H3. The van der Waals surface area contributed by atoms with Crippen molar-refractivity contribution in [2.45, 2.75) is 6.92 Å². The van der Waals surface area contributed by atoms with Gasteiger partial charge in [-0.3, -0.25) is 0 Å². The Morgan fingerprint density at radius 2 is 2.09 bits per heavy atom. The number of anilines is 2. The molecule has 0 saturated carbocycles. The van der Waals surface area contributed by atoms with Crippen molar-refractivity contribution in [2.75, 3.05) is 16.7 Å². The van der Waals surface area contributed by atoms with Crippen LogP contribution < -0.4 is 10.5 Å². The van der Waals surface area contributed by atoms with Crippen molar-refractivity contribution in [3.63, 3.8) is 0 Å². The largest absolute Gasteiger partial charge is 0.399 e. The average Bonchev–Trinajstić information content (AvgIpc) is 1.85. The highest BCUT2D eigenvalue weighted by atomic mass is 32.2. The van der Waals surface area contributed by atoms with Crippen molar-refractivity contribution in [3.05, 3.63) is 23.8 Å². The SMILES string of the molecule is CSNc1cc(C)cc(N)c1. The van der Waals surface area contributed by atoms with Crippen LogP contribution in [0.25, 0.3) is 0 Å². The number of nitrogen functional groups attached to an aromatic ring is 1. The van der Waals surface area contributed by atoms with E-state index in [4.69, 9.17) is 5.73 Å². The number of aryl methyl sites for hydroxylation is 1. The summed E-state index contributed by atoms with van der Waals surface area (Å²) in [5.41, 5.74) is 8.69. The zero-order valence-electron chi connectivity index (χ0n) is 6.72. The molecular weight excluding hydrogens is 156 g/mol. The number of hydrogen-bond acceptors (Lipinski definition) is 3. The lowest BCUT2D eigenvalue weighted by atomic mass is 10.2. The molecular formula is C8H12N2S. The molecule has 0 atom stereocenters. The van der Waals surface area contributed by atoms with Crippen LogP contribution in [0.1, 0.15) is 5.56 Å². The molecule has 3 N–H and O–H groups in total. The zero-order chi connectivity index (χ0) is 8.27. The first-order valence-corrected chi connectivity index (χ1v) is 4.61. The van der Waals surface area contributed by atoms with Gasteiger partial charge in [-0.1, -0.05) is 11.9 Å². The highest BCUT2D eigenvalue weighted by molar-refractivity contribution is 7.99. The van der Waals surface area contributed by atoms with Crippen LogP contribution in [-0.4, -0.2) is 6.26 Å². The summed E-state index contributed by atoms with van der Waals surface area (Å²) in [4.78, 5) is 0. The maximum absolute atomic E-state index is 5.64. The predicted octanol–water partition coefficient (Wildman–Crippen LogP) is 2.27. The van der Waals surface area contributed by atoms with E-state index in [0.717, 1.165) is 11.4 Å². The highest BCUT2D eigenvalue weighted by Crippen LogP contribution is 2.17. The van der Waals surface area contributed by atoms with Crippen molar-refractivity contribution < 1.29 is 0 Å². The third-order valence-corrected chi connectivity index (χ3v) is 1.76. The van der Waals surface area contributed by atoms with E-state index >= 15 is 0 Å². The Kier molecular flexibility index (Phi) is 2.65. The Balaban J connectivity index is 2.89. The van der Waals surface area contributed by atoms with Crippen molar-refractivity contribution in [2.24, 2.45) is 0 Å². The molecule has 0 aliphatic rings. The lowest BCUT2D eigenvalue weighted by Gasteiger charge is -2.04. The molecule has 0 fully saturated rings. The highest BCUT2D eigenvalue weighted by Gasteiger charge is 1.93. The normalized spacial score (nSPS) is 9.64. The molecule has 0 saturated heterocycles. The quantitative estimate of drug-likeness (QED) is 0.525. The minimum Gasteiger partial charge on any atom is -0.399 e. The van der Waals surface area contributed by atoms with Crippen molar-refractivity contribution >= 4 is 23.3 Å². The number of benzene rings is 1. The molecule has 60 valence electrons. The van der Waals surface area contributed by atoms with Crippen molar-refractivity contribution in [1.29, 1.82) is 0 Å². The van der Waals surface area contributed by atoms with Gasteiger partial charge in [-0.2, -0.15) is 0 Å². The summed E-state index contributed by atoms with van der Waals surface area (Å²) in [5, 5.41) is 0. The van der Waals surface area contributed by atoms with Gasteiger partial charge in [-0.05, 0) is 30.7 Å². The first kappa shape index (κ1) is 8.27. The second kappa shape index (κ2) is 3.53. The molecule has 0 aromatic heterocycles. The average molecular weight is 168 g/mol. The van der Waals surface area contributed by atoms with Crippen molar-refractivity contribution in [3.8, 4) is 0 Å². The van der Waals surface area contributed by atoms with Crippen molar-refractivity contribution in [1.82, 2.24) is 0 Å². The Bertz CT molecular complexity index is 228. The van der Waals surface area contributed by atoms with E-state index in [2.05, 4.69) is 10.8 Å². The molecule has 2 nitrogen and oxygen atoms in total. The summed E-state index contributed by atoms with van der Waals surface area (Å²) in [6, 6.07) is 5.93. The van der Waals surface area contributed by atoms with Gasteiger partial charge >= 0.3 is 0 Å². The lowest BCUT2D eigenvalue weighted by molar-refractivity contribution is 1.47. The maximum atomic E-state index is 5.64. The van der Waals surface area contributed by atoms with E-state index in [0.29, 0.717) is 0 Å². The number of nitrogens with two attached hydrogens (primary N) is 1. The monoisotopic (exact) mass is 168 g/mol. The second-order valence-corrected chi connectivity index (χ2v) is 3.05. The molecule has 0 spiro atoms. The molecule has 0 aliphatic carbocycles. The molecule has 0 radical (unpaired) electrons. The molecule has 11 heavy (non-hydrogen) atoms. The molecule has 1 aromatic rings. The van der Waals surface area contributed by atoms with Gasteiger partial charge in [0.15, 0.2) is 0 Å². The maximum Gasteiger partial charge on any atom is 0.0463 e. The fraction of sp³-hybridized carbons (Fsp3) is 0.250. The first-order valence-electron chi connectivity index (χ1n) is 3.38. The van der Waals surface area contributed by atoms with Gasteiger partial charge in [0.05, 0.1) is 0 Å². The van der Waals surface area contributed by atoms with Gasteiger partial charge in [-0.15, -0.1) is 0 Å². The molecule has 0 heterocycles. The Hall–Kier alpha value is -0.830. The Labute approximate surface area is 71.3 Å². The summed E-state index contributed by atoms with van der Waals surface area (Å²) in [5.74, 6) is 0.